The average Bonchev–Trinajstić information content (AvgIpc) is 2.59. The van der Waals surface area contributed by atoms with Gasteiger partial charge in [0.25, 0.3) is 5.91 Å². The predicted octanol–water partition coefficient (Wildman–Crippen LogP) is 0.925. The van der Waals surface area contributed by atoms with Crippen molar-refractivity contribution in [2.24, 2.45) is 5.92 Å². The van der Waals surface area contributed by atoms with Crippen LogP contribution in [0.15, 0.2) is 29.2 Å². The number of nitrogens with zero attached hydrogens (tertiary/aromatic N) is 2. The fourth-order valence-corrected chi connectivity index (χ4v) is 3.74. The van der Waals surface area contributed by atoms with Crippen LogP contribution >= 0.6 is 0 Å². The van der Waals surface area contributed by atoms with Gasteiger partial charge in [-0.2, -0.15) is 0 Å². The van der Waals surface area contributed by atoms with Gasteiger partial charge in [0, 0.05) is 32.7 Å². The summed E-state index contributed by atoms with van der Waals surface area (Å²) in [7, 11) is -0.747. The molecule has 7 nitrogen and oxygen atoms in total. The highest BCUT2D eigenvalue weighted by atomic mass is 32.2. The van der Waals surface area contributed by atoms with E-state index in [4.69, 9.17) is 0 Å². The van der Waals surface area contributed by atoms with Gasteiger partial charge in [-0.05, 0) is 37.0 Å². The molecule has 0 radical (unpaired) electrons. The Labute approximate surface area is 149 Å². The molecule has 8 heteroatoms. The molecule has 1 N–H and O–H groups in total. The van der Waals surface area contributed by atoms with Crippen LogP contribution in [-0.2, 0) is 14.8 Å². The van der Waals surface area contributed by atoms with Crippen LogP contribution in [0.4, 0.5) is 0 Å². The zero-order chi connectivity index (χ0) is 18.6. The van der Waals surface area contributed by atoms with E-state index in [1.165, 1.54) is 38.4 Å². The molecule has 0 saturated carbocycles. The Kier molecular flexibility index (Phi) is 6.18. The molecule has 1 unspecified atom stereocenters. The molecule has 1 fully saturated rings. The third-order valence-electron chi connectivity index (χ3n) is 4.28. The maximum absolute atomic E-state index is 12.3. The SMILES string of the molecule is CC1CCCN(C(=O)CNC(=O)c2cccc(S(=O)(=O)N(C)C)c2)C1. The zero-order valence-corrected chi connectivity index (χ0v) is 15.7. The molecule has 2 amide bonds. The fourth-order valence-electron chi connectivity index (χ4n) is 2.79. The summed E-state index contributed by atoms with van der Waals surface area (Å²) >= 11 is 0. The largest absolute Gasteiger partial charge is 0.343 e. The van der Waals surface area contributed by atoms with Crippen molar-refractivity contribution in [2.45, 2.75) is 24.7 Å². The van der Waals surface area contributed by atoms with Gasteiger partial charge in [0.05, 0.1) is 11.4 Å². The molecule has 1 aliphatic rings. The van der Waals surface area contributed by atoms with E-state index in [0.29, 0.717) is 12.5 Å². The first-order valence-electron chi connectivity index (χ1n) is 8.30. The first-order valence-corrected chi connectivity index (χ1v) is 9.74. The molecule has 1 aromatic rings. The number of nitrogens with one attached hydrogen (secondary N) is 1. The molecule has 1 aromatic carbocycles. The number of carbonyl (C=O) groups excluding carboxylic acids is 2. The van der Waals surface area contributed by atoms with E-state index in [-0.39, 0.29) is 22.9 Å². The van der Waals surface area contributed by atoms with Gasteiger partial charge in [-0.1, -0.05) is 13.0 Å². The van der Waals surface area contributed by atoms with Crippen molar-refractivity contribution in [1.29, 1.82) is 0 Å². The van der Waals surface area contributed by atoms with Crippen LogP contribution in [0.25, 0.3) is 0 Å². The molecule has 1 saturated heterocycles. The van der Waals surface area contributed by atoms with Gasteiger partial charge >= 0.3 is 0 Å². The summed E-state index contributed by atoms with van der Waals surface area (Å²) in [5, 5.41) is 2.58. The summed E-state index contributed by atoms with van der Waals surface area (Å²) in [4.78, 5) is 26.3. The van der Waals surface area contributed by atoms with Gasteiger partial charge in [0.15, 0.2) is 0 Å². The van der Waals surface area contributed by atoms with Crippen molar-refractivity contribution >= 4 is 21.8 Å². The topological polar surface area (TPSA) is 86.8 Å². The van der Waals surface area contributed by atoms with Crippen LogP contribution in [0, 0.1) is 5.92 Å². The van der Waals surface area contributed by atoms with Crippen molar-refractivity contribution in [3.63, 3.8) is 0 Å². The highest BCUT2D eigenvalue weighted by molar-refractivity contribution is 7.89. The van der Waals surface area contributed by atoms with Crippen molar-refractivity contribution < 1.29 is 18.0 Å². The lowest BCUT2D eigenvalue weighted by Crippen LogP contribution is -2.44. The van der Waals surface area contributed by atoms with Gasteiger partial charge in [-0.3, -0.25) is 9.59 Å². The Balaban J connectivity index is 2.00. The molecule has 0 spiro atoms. The molecular weight excluding hydrogens is 342 g/mol. The number of amides is 2. The lowest BCUT2D eigenvalue weighted by Gasteiger charge is -2.31. The van der Waals surface area contributed by atoms with Gasteiger partial charge in [0.2, 0.25) is 15.9 Å². The normalized spacial score (nSPS) is 18.2. The first-order chi connectivity index (χ1) is 11.7. The Morgan fingerprint density at radius 1 is 1.32 bits per heavy atom. The minimum atomic E-state index is -3.61. The third kappa shape index (κ3) is 4.79. The summed E-state index contributed by atoms with van der Waals surface area (Å²) in [5.41, 5.74) is 0.211. The maximum atomic E-state index is 12.3. The van der Waals surface area contributed by atoms with Crippen molar-refractivity contribution in [3.05, 3.63) is 29.8 Å². The van der Waals surface area contributed by atoms with E-state index in [0.717, 1.165) is 23.7 Å². The number of likely N-dealkylation sites (tertiary alicyclic amines) is 1. The minimum Gasteiger partial charge on any atom is -0.343 e. The highest BCUT2D eigenvalue weighted by Crippen LogP contribution is 2.16. The number of hydrogen-bond acceptors (Lipinski definition) is 4. The molecule has 0 aromatic heterocycles. The molecule has 1 atom stereocenters. The van der Waals surface area contributed by atoms with E-state index in [9.17, 15) is 18.0 Å². The monoisotopic (exact) mass is 367 g/mol. The Hall–Kier alpha value is -1.93. The van der Waals surface area contributed by atoms with Crippen LogP contribution in [0.5, 0.6) is 0 Å². The summed E-state index contributed by atoms with van der Waals surface area (Å²) in [6.07, 6.45) is 2.09. The fraction of sp³-hybridized carbons (Fsp3) is 0.529. The van der Waals surface area contributed by atoms with Crippen molar-refractivity contribution in [3.8, 4) is 0 Å². The van der Waals surface area contributed by atoms with Gasteiger partial charge in [-0.25, -0.2) is 12.7 Å². The lowest BCUT2D eigenvalue weighted by atomic mass is 10.0. The average molecular weight is 367 g/mol. The van der Waals surface area contributed by atoms with E-state index < -0.39 is 15.9 Å². The Bertz CT molecular complexity index is 746. The molecule has 0 bridgehead atoms. The van der Waals surface area contributed by atoms with E-state index >= 15 is 0 Å². The molecule has 0 aliphatic carbocycles. The second kappa shape index (κ2) is 7.97. The number of piperidine rings is 1. The Morgan fingerprint density at radius 2 is 2.04 bits per heavy atom. The van der Waals surface area contributed by atoms with Crippen LogP contribution in [0.1, 0.15) is 30.1 Å². The van der Waals surface area contributed by atoms with E-state index in [1.807, 2.05) is 0 Å². The second-order valence-electron chi connectivity index (χ2n) is 6.59. The number of rotatable bonds is 5. The quantitative estimate of drug-likeness (QED) is 0.839. The Morgan fingerprint density at radius 3 is 2.68 bits per heavy atom. The van der Waals surface area contributed by atoms with E-state index in [1.54, 1.807) is 4.90 Å². The predicted molar refractivity (Wildman–Crippen MR) is 94.6 cm³/mol. The summed E-state index contributed by atoms with van der Waals surface area (Å²) in [6.45, 7) is 3.45. The van der Waals surface area contributed by atoms with E-state index in [2.05, 4.69) is 12.2 Å². The smallest absolute Gasteiger partial charge is 0.251 e. The minimum absolute atomic E-state index is 0.0429. The van der Waals surface area contributed by atoms with Crippen LogP contribution in [0.2, 0.25) is 0 Å². The molecule has 25 heavy (non-hydrogen) atoms. The van der Waals surface area contributed by atoms with Gasteiger partial charge in [0.1, 0.15) is 0 Å². The van der Waals surface area contributed by atoms with Crippen LogP contribution < -0.4 is 5.32 Å². The summed E-state index contributed by atoms with van der Waals surface area (Å²) in [6, 6.07) is 5.79. The highest BCUT2D eigenvalue weighted by Gasteiger charge is 2.22. The maximum Gasteiger partial charge on any atom is 0.251 e. The number of hydrogen-bond donors (Lipinski definition) is 1. The van der Waals surface area contributed by atoms with Crippen molar-refractivity contribution in [1.82, 2.24) is 14.5 Å². The summed E-state index contributed by atoms with van der Waals surface area (Å²) in [5.74, 6) is -0.104. The van der Waals surface area contributed by atoms with Gasteiger partial charge in [-0.15, -0.1) is 0 Å². The van der Waals surface area contributed by atoms with Crippen LogP contribution in [0.3, 0.4) is 0 Å². The number of carbonyl (C=O) groups is 2. The molecular formula is C17H25N3O4S. The standard InChI is InChI=1S/C17H25N3O4S/c1-13-6-5-9-20(12-13)16(21)11-18-17(22)14-7-4-8-15(10-14)25(23,24)19(2)3/h4,7-8,10,13H,5-6,9,11-12H2,1-3H3,(H,18,22). The zero-order valence-electron chi connectivity index (χ0n) is 14.9. The second-order valence-corrected chi connectivity index (χ2v) is 8.74. The molecule has 2 rings (SSSR count). The third-order valence-corrected chi connectivity index (χ3v) is 6.10. The van der Waals surface area contributed by atoms with Gasteiger partial charge < -0.3 is 10.2 Å². The van der Waals surface area contributed by atoms with Crippen molar-refractivity contribution in [2.75, 3.05) is 33.7 Å². The number of sulfonamides is 1. The molecule has 138 valence electrons. The number of benzene rings is 1. The lowest BCUT2D eigenvalue weighted by molar-refractivity contribution is -0.131. The molecule has 1 aliphatic heterocycles. The first kappa shape index (κ1) is 19.4. The molecule has 1 heterocycles. The summed E-state index contributed by atoms with van der Waals surface area (Å²) < 4.78 is 25.4. The van der Waals surface area contributed by atoms with Crippen LogP contribution in [-0.4, -0.2) is 63.2 Å².